The largest absolute Gasteiger partial charge is 0.454 e. The van der Waals surface area contributed by atoms with Crippen LogP contribution in [0.25, 0.3) is 0 Å². The van der Waals surface area contributed by atoms with Crippen LogP contribution in [0.2, 0.25) is 0 Å². The minimum atomic E-state index is -0.758. The maximum absolute atomic E-state index is 13.0. The maximum Gasteiger partial charge on any atom is 0.325 e. The van der Waals surface area contributed by atoms with Gasteiger partial charge >= 0.3 is 5.97 Å². The first-order valence-corrected chi connectivity index (χ1v) is 7.91. The molecule has 1 heterocycles. The van der Waals surface area contributed by atoms with E-state index in [1.54, 1.807) is 0 Å². The summed E-state index contributed by atoms with van der Waals surface area (Å²) in [4.78, 5) is 35.7. The van der Waals surface area contributed by atoms with Crippen LogP contribution in [0.3, 0.4) is 0 Å². The van der Waals surface area contributed by atoms with E-state index in [1.807, 2.05) is 17.5 Å². The number of halogens is 1. The molecule has 0 aliphatic carbocycles. The van der Waals surface area contributed by atoms with Crippen LogP contribution >= 0.6 is 11.3 Å². The van der Waals surface area contributed by atoms with Gasteiger partial charge in [-0.3, -0.25) is 14.4 Å². The van der Waals surface area contributed by atoms with Crippen molar-refractivity contribution in [2.75, 3.05) is 13.2 Å². The third-order valence-electron chi connectivity index (χ3n) is 2.88. The highest BCUT2D eigenvalue weighted by molar-refractivity contribution is 7.09. The molecule has 1 aromatic heterocycles. The molecule has 0 fully saturated rings. The van der Waals surface area contributed by atoms with E-state index in [2.05, 4.69) is 10.6 Å². The monoisotopic (exact) mass is 350 g/mol. The molecule has 2 amide bonds. The first-order valence-electron chi connectivity index (χ1n) is 7.03. The van der Waals surface area contributed by atoms with Crippen LogP contribution in [0.15, 0.2) is 41.8 Å². The summed E-state index contributed by atoms with van der Waals surface area (Å²) in [7, 11) is 0. The molecular formula is C16H15FN2O4S. The predicted octanol–water partition coefficient (Wildman–Crippen LogP) is 1.48. The summed E-state index contributed by atoms with van der Waals surface area (Å²) in [5.41, 5.74) is 0.0940. The maximum atomic E-state index is 13.0. The van der Waals surface area contributed by atoms with Gasteiger partial charge in [0.25, 0.3) is 11.8 Å². The second-order valence-electron chi connectivity index (χ2n) is 4.71. The minimum Gasteiger partial charge on any atom is -0.454 e. The lowest BCUT2D eigenvalue weighted by Gasteiger charge is -2.07. The average molecular weight is 350 g/mol. The molecule has 0 saturated carbocycles. The SMILES string of the molecule is O=C(COC(=O)CNC(=O)c1cccc(F)c1)NCc1cccs1. The number of nitrogens with one attached hydrogen (secondary N) is 2. The fourth-order valence-corrected chi connectivity index (χ4v) is 2.38. The van der Waals surface area contributed by atoms with E-state index in [1.165, 1.54) is 29.5 Å². The van der Waals surface area contributed by atoms with Crippen molar-refractivity contribution in [3.05, 3.63) is 58.0 Å². The first kappa shape index (κ1) is 17.6. The highest BCUT2D eigenvalue weighted by atomic mass is 32.1. The van der Waals surface area contributed by atoms with Gasteiger partial charge in [0.15, 0.2) is 6.61 Å². The number of carbonyl (C=O) groups excluding carboxylic acids is 3. The second kappa shape index (κ2) is 8.78. The molecule has 0 atom stereocenters. The smallest absolute Gasteiger partial charge is 0.325 e. The Kier molecular flexibility index (Phi) is 6.44. The number of benzene rings is 1. The highest BCUT2D eigenvalue weighted by Crippen LogP contribution is 2.07. The van der Waals surface area contributed by atoms with Crippen LogP contribution in [0.5, 0.6) is 0 Å². The van der Waals surface area contributed by atoms with Gasteiger partial charge in [-0.2, -0.15) is 0 Å². The molecule has 6 nitrogen and oxygen atoms in total. The number of esters is 1. The second-order valence-corrected chi connectivity index (χ2v) is 5.74. The lowest BCUT2D eigenvalue weighted by Crippen LogP contribution is -2.33. The molecule has 24 heavy (non-hydrogen) atoms. The number of ether oxygens (including phenoxy) is 1. The minimum absolute atomic E-state index is 0.0940. The number of amides is 2. The van der Waals surface area contributed by atoms with Crippen LogP contribution < -0.4 is 10.6 Å². The quantitative estimate of drug-likeness (QED) is 0.741. The fraction of sp³-hybridized carbons (Fsp3) is 0.188. The molecule has 0 aliphatic heterocycles. The molecule has 0 radical (unpaired) electrons. The van der Waals surface area contributed by atoms with Gasteiger partial charge in [0.2, 0.25) is 0 Å². The van der Waals surface area contributed by atoms with Crippen molar-refractivity contribution in [3.63, 3.8) is 0 Å². The lowest BCUT2D eigenvalue weighted by atomic mass is 10.2. The molecule has 8 heteroatoms. The predicted molar refractivity (Wildman–Crippen MR) is 85.9 cm³/mol. The summed E-state index contributed by atoms with van der Waals surface area (Å²) in [6.45, 7) is -0.474. The fourth-order valence-electron chi connectivity index (χ4n) is 1.73. The van der Waals surface area contributed by atoms with Crippen molar-refractivity contribution in [1.29, 1.82) is 0 Å². The molecule has 2 aromatic rings. The van der Waals surface area contributed by atoms with Gasteiger partial charge in [-0.25, -0.2) is 4.39 Å². The molecule has 0 aliphatic rings. The normalized spacial score (nSPS) is 10.0. The summed E-state index contributed by atoms with van der Waals surface area (Å²) < 4.78 is 17.7. The van der Waals surface area contributed by atoms with E-state index in [-0.39, 0.29) is 5.56 Å². The Bertz CT molecular complexity index is 719. The zero-order valence-corrected chi connectivity index (χ0v) is 13.4. The van der Waals surface area contributed by atoms with E-state index in [0.717, 1.165) is 10.9 Å². The standard InChI is InChI=1S/C16H15FN2O4S/c17-12-4-1-3-11(7-12)16(22)19-9-15(21)23-10-14(20)18-8-13-5-2-6-24-13/h1-7H,8-10H2,(H,18,20)(H,19,22). The Labute approximate surface area is 141 Å². The topological polar surface area (TPSA) is 84.5 Å². The van der Waals surface area contributed by atoms with Crippen molar-refractivity contribution in [1.82, 2.24) is 10.6 Å². The van der Waals surface area contributed by atoms with Gasteiger partial charge < -0.3 is 15.4 Å². The van der Waals surface area contributed by atoms with Crippen LogP contribution in [0.4, 0.5) is 4.39 Å². The van der Waals surface area contributed by atoms with Crippen LogP contribution in [0.1, 0.15) is 15.2 Å². The summed E-state index contributed by atoms with van der Waals surface area (Å²) >= 11 is 1.50. The zero-order chi connectivity index (χ0) is 17.4. The third-order valence-corrected chi connectivity index (χ3v) is 3.76. The molecule has 2 rings (SSSR count). The van der Waals surface area contributed by atoms with Crippen molar-refractivity contribution >= 4 is 29.1 Å². The Morgan fingerprint density at radius 3 is 2.67 bits per heavy atom. The van der Waals surface area contributed by atoms with Gasteiger partial charge in [-0.15, -0.1) is 11.3 Å². The molecule has 0 saturated heterocycles. The van der Waals surface area contributed by atoms with Gasteiger partial charge in [-0.1, -0.05) is 12.1 Å². The van der Waals surface area contributed by atoms with Gasteiger partial charge in [0, 0.05) is 10.4 Å². The number of carbonyl (C=O) groups is 3. The summed E-state index contributed by atoms with van der Waals surface area (Å²) in [5, 5.41) is 6.79. The van der Waals surface area contributed by atoms with Crippen LogP contribution in [-0.4, -0.2) is 30.9 Å². The summed E-state index contributed by atoms with van der Waals surface area (Å²) in [6.07, 6.45) is 0. The zero-order valence-electron chi connectivity index (χ0n) is 12.6. The van der Waals surface area contributed by atoms with Crippen LogP contribution in [0, 0.1) is 5.82 Å². The van der Waals surface area contributed by atoms with E-state index < -0.39 is 36.8 Å². The molecule has 1 aromatic carbocycles. The van der Waals surface area contributed by atoms with E-state index in [4.69, 9.17) is 4.74 Å². The lowest BCUT2D eigenvalue weighted by molar-refractivity contribution is -0.147. The number of hydrogen-bond donors (Lipinski definition) is 2. The average Bonchev–Trinajstić information content (AvgIpc) is 3.09. The molecule has 2 N–H and O–H groups in total. The van der Waals surface area contributed by atoms with Gasteiger partial charge in [0.1, 0.15) is 12.4 Å². The Balaban J connectivity index is 1.65. The summed E-state index contributed by atoms with van der Waals surface area (Å²) in [5.74, 6) is -2.35. The van der Waals surface area contributed by atoms with Crippen LogP contribution in [-0.2, 0) is 20.9 Å². The van der Waals surface area contributed by atoms with Gasteiger partial charge in [-0.05, 0) is 29.6 Å². The van der Waals surface area contributed by atoms with E-state index in [0.29, 0.717) is 6.54 Å². The molecule has 0 spiro atoms. The molecule has 126 valence electrons. The summed E-state index contributed by atoms with van der Waals surface area (Å²) in [6, 6.07) is 8.81. The van der Waals surface area contributed by atoms with E-state index in [9.17, 15) is 18.8 Å². The van der Waals surface area contributed by atoms with Crippen molar-refractivity contribution < 1.29 is 23.5 Å². The Hall–Kier alpha value is -2.74. The Morgan fingerprint density at radius 1 is 1.12 bits per heavy atom. The van der Waals surface area contributed by atoms with Gasteiger partial charge in [0.05, 0.1) is 6.54 Å². The third kappa shape index (κ3) is 5.81. The van der Waals surface area contributed by atoms with Crippen molar-refractivity contribution in [2.24, 2.45) is 0 Å². The van der Waals surface area contributed by atoms with Crippen molar-refractivity contribution in [2.45, 2.75) is 6.54 Å². The first-order chi connectivity index (χ1) is 11.5. The Morgan fingerprint density at radius 2 is 1.96 bits per heavy atom. The highest BCUT2D eigenvalue weighted by Gasteiger charge is 2.11. The number of hydrogen-bond acceptors (Lipinski definition) is 5. The van der Waals surface area contributed by atoms with Crippen molar-refractivity contribution in [3.8, 4) is 0 Å². The number of rotatable bonds is 7. The molecular weight excluding hydrogens is 335 g/mol. The molecule has 0 unspecified atom stereocenters. The van der Waals surface area contributed by atoms with E-state index >= 15 is 0 Å². The number of thiophene rings is 1. The molecule has 0 bridgehead atoms.